The molecule has 0 atom stereocenters. The van der Waals surface area contributed by atoms with E-state index in [9.17, 15) is 0 Å². The molecule has 0 bridgehead atoms. The molecular weight excluding hydrogens is 338 g/mol. The van der Waals surface area contributed by atoms with Crippen molar-refractivity contribution in [3.8, 4) is 0 Å². The summed E-state index contributed by atoms with van der Waals surface area (Å²) in [6.07, 6.45) is 3.77. The molecule has 2 rings (SSSR count). The third-order valence-electron chi connectivity index (χ3n) is 5.00. The lowest BCUT2D eigenvalue weighted by molar-refractivity contribution is 0.161. The van der Waals surface area contributed by atoms with Gasteiger partial charge in [0.15, 0.2) is 5.96 Å². The number of hydrogen-bond donors (Lipinski definition) is 2. The molecule has 6 nitrogen and oxygen atoms in total. The SMILES string of the molecule is CN=C(NCCCN(C)CCOC)NCc1ccc(CN2CCCC2)cc1. The van der Waals surface area contributed by atoms with Gasteiger partial charge < -0.3 is 20.3 Å². The maximum atomic E-state index is 5.10. The second-order valence-corrected chi connectivity index (χ2v) is 7.30. The van der Waals surface area contributed by atoms with Gasteiger partial charge in [0, 0.05) is 40.3 Å². The van der Waals surface area contributed by atoms with E-state index in [0.29, 0.717) is 0 Å². The molecule has 0 unspecified atom stereocenters. The molecule has 0 radical (unpaired) electrons. The topological polar surface area (TPSA) is 52.1 Å². The molecule has 0 spiro atoms. The number of benzene rings is 1. The third kappa shape index (κ3) is 8.73. The molecule has 1 aromatic carbocycles. The van der Waals surface area contributed by atoms with Gasteiger partial charge in [0.1, 0.15) is 0 Å². The van der Waals surface area contributed by atoms with Crippen LogP contribution in [0, 0.1) is 0 Å². The van der Waals surface area contributed by atoms with Crippen LogP contribution in [-0.2, 0) is 17.8 Å². The summed E-state index contributed by atoms with van der Waals surface area (Å²) in [4.78, 5) is 9.13. The molecule has 0 saturated carbocycles. The predicted molar refractivity (Wildman–Crippen MR) is 113 cm³/mol. The maximum Gasteiger partial charge on any atom is 0.191 e. The fourth-order valence-corrected chi connectivity index (χ4v) is 3.28. The molecule has 1 aromatic rings. The maximum absolute atomic E-state index is 5.10. The summed E-state index contributed by atoms with van der Waals surface area (Å²) >= 11 is 0. The van der Waals surface area contributed by atoms with Crippen LogP contribution in [0.15, 0.2) is 29.3 Å². The number of guanidine groups is 1. The Bertz CT molecular complexity index is 540. The summed E-state index contributed by atoms with van der Waals surface area (Å²) in [5.41, 5.74) is 2.68. The molecule has 1 saturated heterocycles. The number of nitrogens with one attached hydrogen (secondary N) is 2. The number of likely N-dealkylation sites (tertiary alicyclic amines) is 1. The lowest BCUT2D eigenvalue weighted by atomic mass is 10.1. The molecule has 0 aliphatic carbocycles. The Morgan fingerprint density at radius 1 is 1.11 bits per heavy atom. The van der Waals surface area contributed by atoms with Gasteiger partial charge in [0.05, 0.1) is 6.61 Å². The van der Waals surface area contributed by atoms with Gasteiger partial charge in [-0.3, -0.25) is 9.89 Å². The molecule has 1 aliphatic heterocycles. The zero-order valence-electron chi connectivity index (χ0n) is 17.3. The first-order valence-corrected chi connectivity index (χ1v) is 10.1. The Morgan fingerprint density at radius 2 is 1.81 bits per heavy atom. The third-order valence-corrected chi connectivity index (χ3v) is 5.00. The number of hydrogen-bond acceptors (Lipinski definition) is 4. The summed E-state index contributed by atoms with van der Waals surface area (Å²) < 4.78 is 5.10. The lowest BCUT2D eigenvalue weighted by Crippen LogP contribution is -2.38. The molecule has 1 heterocycles. The Balaban J connectivity index is 1.63. The van der Waals surface area contributed by atoms with Gasteiger partial charge in [-0.05, 0) is 57.1 Å². The Hall–Kier alpha value is -1.63. The molecule has 1 aliphatic rings. The normalized spacial score (nSPS) is 15.5. The highest BCUT2D eigenvalue weighted by molar-refractivity contribution is 5.79. The first-order valence-electron chi connectivity index (χ1n) is 10.1. The molecule has 2 N–H and O–H groups in total. The van der Waals surface area contributed by atoms with Crippen LogP contribution < -0.4 is 10.6 Å². The van der Waals surface area contributed by atoms with Crippen LogP contribution >= 0.6 is 0 Å². The van der Waals surface area contributed by atoms with Gasteiger partial charge in [-0.1, -0.05) is 24.3 Å². The molecular formula is C21H37N5O. The highest BCUT2D eigenvalue weighted by Crippen LogP contribution is 2.13. The second-order valence-electron chi connectivity index (χ2n) is 7.30. The lowest BCUT2D eigenvalue weighted by Gasteiger charge is -2.17. The van der Waals surface area contributed by atoms with E-state index in [4.69, 9.17) is 4.74 Å². The van der Waals surface area contributed by atoms with E-state index in [1.807, 2.05) is 7.05 Å². The van der Waals surface area contributed by atoms with Crippen molar-refractivity contribution in [1.82, 2.24) is 20.4 Å². The van der Waals surface area contributed by atoms with E-state index in [-0.39, 0.29) is 0 Å². The zero-order chi connectivity index (χ0) is 19.3. The second kappa shape index (κ2) is 12.7. The van der Waals surface area contributed by atoms with Gasteiger partial charge in [0.25, 0.3) is 0 Å². The number of methoxy groups -OCH3 is 1. The van der Waals surface area contributed by atoms with Crippen LogP contribution in [0.5, 0.6) is 0 Å². The fourth-order valence-electron chi connectivity index (χ4n) is 3.28. The van der Waals surface area contributed by atoms with Crippen molar-refractivity contribution >= 4 is 5.96 Å². The Morgan fingerprint density at radius 3 is 2.48 bits per heavy atom. The van der Waals surface area contributed by atoms with Crippen molar-refractivity contribution in [2.75, 3.05) is 60.5 Å². The number of nitrogens with zero attached hydrogens (tertiary/aromatic N) is 3. The van der Waals surface area contributed by atoms with Crippen molar-refractivity contribution in [2.24, 2.45) is 4.99 Å². The van der Waals surface area contributed by atoms with Crippen LogP contribution in [0.1, 0.15) is 30.4 Å². The minimum absolute atomic E-state index is 0.782. The van der Waals surface area contributed by atoms with Crippen LogP contribution in [-0.4, -0.2) is 76.3 Å². The number of likely N-dealkylation sites (N-methyl/N-ethyl adjacent to an activating group) is 1. The van der Waals surface area contributed by atoms with Crippen molar-refractivity contribution < 1.29 is 4.74 Å². The van der Waals surface area contributed by atoms with Gasteiger partial charge >= 0.3 is 0 Å². The van der Waals surface area contributed by atoms with Crippen LogP contribution in [0.2, 0.25) is 0 Å². The van der Waals surface area contributed by atoms with Crippen LogP contribution in [0.4, 0.5) is 0 Å². The minimum Gasteiger partial charge on any atom is -0.383 e. The molecule has 0 amide bonds. The van der Waals surface area contributed by atoms with E-state index in [0.717, 1.165) is 51.7 Å². The average Bonchev–Trinajstić information content (AvgIpc) is 3.20. The summed E-state index contributed by atoms with van der Waals surface area (Å²) in [5.74, 6) is 0.857. The van der Waals surface area contributed by atoms with E-state index < -0.39 is 0 Å². The Kier molecular flexibility index (Phi) is 10.2. The predicted octanol–water partition coefficient (Wildman–Crippen LogP) is 1.92. The number of ether oxygens (including phenoxy) is 1. The van der Waals surface area contributed by atoms with Crippen LogP contribution in [0.3, 0.4) is 0 Å². The van der Waals surface area contributed by atoms with Gasteiger partial charge in [-0.25, -0.2) is 0 Å². The van der Waals surface area contributed by atoms with E-state index >= 15 is 0 Å². The highest BCUT2D eigenvalue weighted by Gasteiger charge is 2.11. The molecule has 6 heteroatoms. The summed E-state index contributed by atoms with van der Waals surface area (Å²) in [6.45, 7) is 8.06. The van der Waals surface area contributed by atoms with E-state index in [1.165, 1.54) is 37.1 Å². The summed E-state index contributed by atoms with van der Waals surface area (Å²) in [5, 5.41) is 6.78. The standard InChI is InChI=1S/C21H37N5O/c1-22-21(23-11-6-12-25(2)15-16-27-3)24-17-19-7-9-20(10-8-19)18-26-13-4-5-14-26/h7-10H,4-6,11-18H2,1-3H3,(H2,22,23,24). The summed E-state index contributed by atoms with van der Waals surface area (Å²) in [6, 6.07) is 8.94. The van der Waals surface area contributed by atoms with Gasteiger partial charge in [0.2, 0.25) is 0 Å². The molecule has 27 heavy (non-hydrogen) atoms. The first kappa shape index (κ1) is 21.7. The molecule has 1 fully saturated rings. The molecule has 0 aromatic heterocycles. The zero-order valence-corrected chi connectivity index (χ0v) is 17.3. The average molecular weight is 376 g/mol. The van der Waals surface area contributed by atoms with E-state index in [2.05, 4.69) is 56.7 Å². The first-order chi connectivity index (χ1) is 13.2. The van der Waals surface area contributed by atoms with Crippen LogP contribution in [0.25, 0.3) is 0 Å². The van der Waals surface area contributed by atoms with Gasteiger partial charge in [-0.2, -0.15) is 0 Å². The van der Waals surface area contributed by atoms with E-state index in [1.54, 1.807) is 7.11 Å². The highest BCUT2D eigenvalue weighted by atomic mass is 16.5. The molecule has 152 valence electrons. The number of aliphatic imine (C=N–C) groups is 1. The Labute approximate surface area is 165 Å². The fraction of sp³-hybridized carbons (Fsp3) is 0.667. The van der Waals surface area contributed by atoms with Crippen molar-refractivity contribution in [3.05, 3.63) is 35.4 Å². The summed E-state index contributed by atoms with van der Waals surface area (Å²) in [7, 11) is 5.69. The minimum atomic E-state index is 0.782. The van der Waals surface area contributed by atoms with Gasteiger partial charge in [-0.15, -0.1) is 0 Å². The van der Waals surface area contributed by atoms with Crippen molar-refractivity contribution in [2.45, 2.75) is 32.4 Å². The quantitative estimate of drug-likeness (QED) is 0.352. The largest absolute Gasteiger partial charge is 0.383 e. The smallest absolute Gasteiger partial charge is 0.191 e. The number of rotatable bonds is 11. The monoisotopic (exact) mass is 375 g/mol. The van der Waals surface area contributed by atoms with Crippen molar-refractivity contribution in [1.29, 1.82) is 0 Å². The van der Waals surface area contributed by atoms with Crippen molar-refractivity contribution in [3.63, 3.8) is 0 Å².